The van der Waals surface area contributed by atoms with Gasteiger partial charge in [0.1, 0.15) is 0 Å². The maximum Gasteiger partial charge on any atom is 0.201 e. The molecule has 24 heavy (non-hydrogen) atoms. The van der Waals surface area contributed by atoms with E-state index in [0.717, 1.165) is 31.2 Å². The molecule has 1 aliphatic carbocycles. The molecule has 2 fully saturated rings. The molecule has 0 N–H and O–H groups in total. The summed E-state index contributed by atoms with van der Waals surface area (Å²) in [6.07, 6.45) is 5.11. The molecular formula is C21H22O3. The Kier molecular flexibility index (Phi) is 3.99. The molecule has 1 aliphatic heterocycles. The lowest BCUT2D eigenvalue weighted by molar-refractivity contribution is -0.198. The van der Waals surface area contributed by atoms with Gasteiger partial charge in [0, 0.05) is 18.4 Å². The number of carbonyl (C=O) groups excluding carboxylic acids is 1. The number of Topliss-reactive ketones (excluding diaryl/α,β-unsaturated/α-hetero) is 1. The van der Waals surface area contributed by atoms with Gasteiger partial charge in [-0.1, -0.05) is 67.1 Å². The summed E-state index contributed by atoms with van der Waals surface area (Å²) in [4.78, 5) is 13.4. The molecule has 1 saturated carbocycles. The lowest BCUT2D eigenvalue weighted by atomic mass is 9.86. The minimum atomic E-state index is -1.04. The van der Waals surface area contributed by atoms with E-state index in [1.54, 1.807) is 0 Å². The summed E-state index contributed by atoms with van der Waals surface area (Å²) in [7, 11) is 0. The van der Waals surface area contributed by atoms with Gasteiger partial charge >= 0.3 is 0 Å². The largest absolute Gasteiger partial charge is 0.346 e. The lowest BCUT2D eigenvalue weighted by Crippen LogP contribution is -2.42. The van der Waals surface area contributed by atoms with Gasteiger partial charge in [0.2, 0.25) is 5.78 Å². The summed E-state index contributed by atoms with van der Waals surface area (Å²) in [6.45, 7) is 0.282. The van der Waals surface area contributed by atoms with Gasteiger partial charge < -0.3 is 9.47 Å². The fourth-order valence-electron chi connectivity index (χ4n) is 3.86. The Balaban J connectivity index is 1.76. The average molecular weight is 322 g/mol. The SMILES string of the molecule is O=C(c1ccccc1)C1(c2ccccc2)COC2(CCCCC2)O1. The zero-order valence-corrected chi connectivity index (χ0v) is 13.7. The van der Waals surface area contributed by atoms with Crippen molar-refractivity contribution < 1.29 is 14.3 Å². The summed E-state index contributed by atoms with van der Waals surface area (Å²) in [5.74, 6) is -0.616. The monoisotopic (exact) mass is 322 g/mol. The van der Waals surface area contributed by atoms with Crippen LogP contribution >= 0.6 is 0 Å². The summed E-state index contributed by atoms with van der Waals surface area (Å²) in [6, 6.07) is 19.2. The van der Waals surface area contributed by atoms with Crippen LogP contribution in [-0.2, 0) is 15.1 Å². The normalized spacial score (nSPS) is 25.7. The molecule has 1 saturated heterocycles. The van der Waals surface area contributed by atoms with Gasteiger partial charge in [-0.3, -0.25) is 4.79 Å². The Morgan fingerprint density at radius 1 is 0.833 bits per heavy atom. The number of benzene rings is 2. The molecule has 3 heteroatoms. The third-order valence-electron chi connectivity index (χ3n) is 5.16. The molecule has 2 aromatic rings. The Bertz CT molecular complexity index is 704. The first-order valence-corrected chi connectivity index (χ1v) is 8.74. The van der Waals surface area contributed by atoms with Crippen LogP contribution in [0.4, 0.5) is 0 Å². The first kappa shape index (κ1) is 15.6. The second kappa shape index (κ2) is 6.15. The first-order valence-electron chi connectivity index (χ1n) is 8.74. The van der Waals surface area contributed by atoms with Crippen molar-refractivity contribution >= 4 is 5.78 Å². The van der Waals surface area contributed by atoms with Crippen LogP contribution in [0.2, 0.25) is 0 Å². The number of hydrogen-bond donors (Lipinski definition) is 0. The van der Waals surface area contributed by atoms with Crippen LogP contribution in [0.25, 0.3) is 0 Å². The molecule has 0 amide bonds. The summed E-state index contributed by atoms with van der Waals surface area (Å²) >= 11 is 0. The third-order valence-corrected chi connectivity index (χ3v) is 5.16. The van der Waals surface area contributed by atoms with E-state index in [1.807, 2.05) is 60.7 Å². The number of rotatable bonds is 3. The molecule has 0 aromatic heterocycles. The van der Waals surface area contributed by atoms with Crippen molar-refractivity contribution in [1.29, 1.82) is 0 Å². The number of carbonyl (C=O) groups is 1. The highest BCUT2D eigenvalue weighted by molar-refractivity contribution is 6.03. The van der Waals surface area contributed by atoms with E-state index in [0.29, 0.717) is 5.56 Å². The highest BCUT2D eigenvalue weighted by Crippen LogP contribution is 2.47. The van der Waals surface area contributed by atoms with Crippen molar-refractivity contribution in [2.45, 2.75) is 43.5 Å². The molecule has 0 bridgehead atoms. The highest BCUT2D eigenvalue weighted by Gasteiger charge is 2.55. The van der Waals surface area contributed by atoms with Gasteiger partial charge in [-0.15, -0.1) is 0 Å². The number of ketones is 1. The molecule has 3 nitrogen and oxygen atoms in total. The van der Waals surface area contributed by atoms with Crippen LogP contribution in [0.15, 0.2) is 60.7 Å². The van der Waals surface area contributed by atoms with E-state index >= 15 is 0 Å². The highest BCUT2D eigenvalue weighted by atomic mass is 16.8. The van der Waals surface area contributed by atoms with E-state index in [4.69, 9.17) is 9.47 Å². The minimum absolute atomic E-state index is 0.0169. The van der Waals surface area contributed by atoms with Crippen molar-refractivity contribution in [3.63, 3.8) is 0 Å². The molecule has 2 aliphatic rings. The van der Waals surface area contributed by atoms with Crippen LogP contribution in [-0.4, -0.2) is 18.2 Å². The molecule has 124 valence electrons. The van der Waals surface area contributed by atoms with E-state index in [-0.39, 0.29) is 12.4 Å². The van der Waals surface area contributed by atoms with Crippen molar-refractivity contribution in [2.24, 2.45) is 0 Å². The van der Waals surface area contributed by atoms with Gasteiger partial charge in [-0.05, 0) is 18.4 Å². The maximum atomic E-state index is 13.4. The maximum absolute atomic E-state index is 13.4. The third kappa shape index (κ3) is 2.58. The van der Waals surface area contributed by atoms with Gasteiger partial charge in [-0.25, -0.2) is 0 Å². The molecule has 1 unspecified atom stereocenters. The van der Waals surface area contributed by atoms with E-state index < -0.39 is 11.4 Å². The fraction of sp³-hybridized carbons (Fsp3) is 0.381. The summed E-state index contributed by atoms with van der Waals surface area (Å²) in [5, 5.41) is 0. The molecule has 0 radical (unpaired) electrons. The Morgan fingerprint density at radius 3 is 2.12 bits per heavy atom. The quantitative estimate of drug-likeness (QED) is 0.782. The number of hydrogen-bond acceptors (Lipinski definition) is 3. The fourth-order valence-corrected chi connectivity index (χ4v) is 3.86. The van der Waals surface area contributed by atoms with Crippen LogP contribution in [0.1, 0.15) is 48.0 Å². The van der Waals surface area contributed by atoms with E-state index in [1.165, 1.54) is 6.42 Å². The topological polar surface area (TPSA) is 35.5 Å². The van der Waals surface area contributed by atoms with E-state index in [2.05, 4.69) is 0 Å². The van der Waals surface area contributed by atoms with Gasteiger partial charge in [0.25, 0.3) is 0 Å². The summed E-state index contributed by atoms with van der Waals surface area (Å²) in [5.41, 5.74) is 0.499. The van der Waals surface area contributed by atoms with Crippen molar-refractivity contribution in [2.75, 3.05) is 6.61 Å². The van der Waals surface area contributed by atoms with Crippen LogP contribution in [0.5, 0.6) is 0 Å². The van der Waals surface area contributed by atoms with Crippen LogP contribution in [0, 0.1) is 0 Å². The molecule has 1 spiro atoms. The second-order valence-corrected chi connectivity index (χ2v) is 6.75. The van der Waals surface area contributed by atoms with E-state index in [9.17, 15) is 4.79 Å². The lowest BCUT2D eigenvalue weighted by Gasteiger charge is -2.34. The predicted octanol–water partition coefficient (Wildman–Crippen LogP) is 4.47. The standard InChI is InChI=1S/C21H22O3/c22-19(17-10-4-1-5-11-17)21(18-12-6-2-7-13-18)16-23-20(24-21)14-8-3-9-15-20/h1-2,4-7,10-13H,3,8-9,14-16H2. The molecule has 4 rings (SSSR count). The minimum Gasteiger partial charge on any atom is -0.346 e. The Morgan fingerprint density at radius 2 is 1.46 bits per heavy atom. The predicted molar refractivity (Wildman–Crippen MR) is 91.7 cm³/mol. The zero-order chi connectivity index (χ0) is 16.5. The molecule has 1 heterocycles. The van der Waals surface area contributed by atoms with Crippen LogP contribution < -0.4 is 0 Å². The molecule has 2 aromatic carbocycles. The first-order chi connectivity index (χ1) is 11.7. The van der Waals surface area contributed by atoms with Crippen LogP contribution in [0.3, 0.4) is 0 Å². The molecular weight excluding hydrogens is 300 g/mol. The Hall–Kier alpha value is -1.97. The van der Waals surface area contributed by atoms with Gasteiger partial charge in [-0.2, -0.15) is 0 Å². The second-order valence-electron chi connectivity index (χ2n) is 6.75. The molecule has 1 atom stereocenters. The van der Waals surface area contributed by atoms with Crippen molar-refractivity contribution in [1.82, 2.24) is 0 Å². The zero-order valence-electron chi connectivity index (χ0n) is 13.7. The average Bonchev–Trinajstić information content (AvgIpc) is 3.03. The van der Waals surface area contributed by atoms with Gasteiger partial charge in [0.15, 0.2) is 11.4 Å². The van der Waals surface area contributed by atoms with Crippen molar-refractivity contribution in [3.05, 3.63) is 71.8 Å². The summed E-state index contributed by atoms with van der Waals surface area (Å²) < 4.78 is 12.7. The van der Waals surface area contributed by atoms with Gasteiger partial charge in [0.05, 0.1) is 6.61 Å². The van der Waals surface area contributed by atoms with Crippen molar-refractivity contribution in [3.8, 4) is 0 Å². The number of ether oxygens (including phenoxy) is 2. The smallest absolute Gasteiger partial charge is 0.201 e. The Labute approximate surface area is 142 Å².